The molecule has 0 N–H and O–H groups in total. The summed E-state index contributed by atoms with van der Waals surface area (Å²) in [5.74, 6) is 0. The standard InChI is InChI=1S/C66H40/c1-37-15-9-11-21-44(37)59-46-23-13-14-24-47(46)60(45-22-12-10-16-38(45)2)66-55-32-30-51-49-26-28-53-57-36-42(40-19-7-4-8-20-40)34-43-33-41(39-17-5-3-6-18-39)35-56(58(43)57)52-27-25-48(61(49)63(52)53)50-29-31-54(65(59)66)64(55)62(50)51/h3-36H,1-2H3. The van der Waals surface area contributed by atoms with Crippen LogP contribution >= 0.6 is 0 Å². The summed E-state index contributed by atoms with van der Waals surface area (Å²) < 4.78 is 0. The summed E-state index contributed by atoms with van der Waals surface area (Å²) in [6.07, 6.45) is 0. The van der Waals surface area contributed by atoms with E-state index >= 15 is 0 Å². The fourth-order valence-corrected chi connectivity index (χ4v) is 12.5. The van der Waals surface area contributed by atoms with E-state index in [0.717, 1.165) is 0 Å². The van der Waals surface area contributed by atoms with Crippen LogP contribution < -0.4 is 0 Å². The lowest BCUT2D eigenvalue weighted by Crippen LogP contribution is -1.95. The van der Waals surface area contributed by atoms with Crippen molar-refractivity contribution in [1.29, 1.82) is 0 Å². The highest BCUT2D eigenvalue weighted by molar-refractivity contribution is 6.44. The van der Waals surface area contributed by atoms with Crippen LogP contribution in [0.1, 0.15) is 11.1 Å². The molecule has 0 fully saturated rings. The Labute approximate surface area is 382 Å². The molecule has 14 aromatic carbocycles. The van der Waals surface area contributed by atoms with E-state index in [-0.39, 0.29) is 0 Å². The maximum atomic E-state index is 2.46. The van der Waals surface area contributed by atoms with Crippen LogP contribution in [0.25, 0.3) is 153 Å². The Morgan fingerprint density at radius 2 is 0.576 bits per heavy atom. The summed E-state index contributed by atoms with van der Waals surface area (Å²) in [6.45, 7) is 4.53. The first-order valence-electron chi connectivity index (χ1n) is 23.3. The lowest BCUT2D eigenvalue weighted by molar-refractivity contribution is 1.46. The van der Waals surface area contributed by atoms with Crippen molar-refractivity contribution < 1.29 is 0 Å². The van der Waals surface area contributed by atoms with Crippen LogP contribution in [0.4, 0.5) is 0 Å². The molecule has 0 bridgehead atoms. The van der Waals surface area contributed by atoms with Gasteiger partial charge in [0, 0.05) is 0 Å². The maximum absolute atomic E-state index is 2.46. The highest BCUT2D eigenvalue weighted by Crippen LogP contribution is 2.60. The molecule has 0 spiro atoms. The molecular formula is C66H40. The summed E-state index contributed by atoms with van der Waals surface area (Å²) in [5, 5.41) is 21.2. The van der Waals surface area contributed by atoms with Crippen LogP contribution in [0.2, 0.25) is 0 Å². The van der Waals surface area contributed by atoms with Crippen molar-refractivity contribution in [2.45, 2.75) is 13.8 Å². The van der Waals surface area contributed by atoms with E-state index in [2.05, 4.69) is 220 Å². The van der Waals surface area contributed by atoms with Crippen molar-refractivity contribution in [2.75, 3.05) is 0 Å². The quantitative estimate of drug-likeness (QED) is 0.122. The van der Waals surface area contributed by atoms with Gasteiger partial charge in [0.1, 0.15) is 0 Å². The SMILES string of the molecule is Cc1ccccc1-c1c2c(c(-c3ccccc3C)c3ccccc13)-c1ccc3c4ccc5c6cc(-c7ccccc7)cc7cc(-c8ccccc8)cc(c8ccc(c9ccc-2c1c93)c4c85)c76. The molecule has 0 saturated carbocycles. The van der Waals surface area contributed by atoms with Crippen molar-refractivity contribution in [3.63, 3.8) is 0 Å². The largest absolute Gasteiger partial charge is 0.0622 e. The van der Waals surface area contributed by atoms with E-state index in [1.807, 2.05) is 0 Å². The zero-order chi connectivity index (χ0) is 43.4. The second-order valence-corrected chi connectivity index (χ2v) is 18.7. The van der Waals surface area contributed by atoms with Gasteiger partial charge in [0.05, 0.1) is 0 Å². The molecule has 0 saturated heterocycles. The van der Waals surface area contributed by atoms with Crippen LogP contribution in [0.15, 0.2) is 206 Å². The normalized spacial score (nSPS) is 12.4. The van der Waals surface area contributed by atoms with Gasteiger partial charge >= 0.3 is 0 Å². The fraction of sp³-hybridized carbons (Fsp3) is 0.0303. The molecule has 0 heterocycles. The maximum Gasteiger partial charge on any atom is -0.000730 e. The predicted octanol–water partition coefficient (Wildman–Crippen LogP) is 18.7. The molecule has 304 valence electrons. The minimum atomic E-state index is 1.23. The van der Waals surface area contributed by atoms with Gasteiger partial charge in [0.15, 0.2) is 0 Å². The minimum Gasteiger partial charge on any atom is -0.0622 e. The van der Waals surface area contributed by atoms with Crippen LogP contribution in [0.5, 0.6) is 0 Å². The first-order chi connectivity index (χ1) is 32.6. The zero-order valence-electron chi connectivity index (χ0n) is 36.6. The Hall–Kier alpha value is -8.32. The van der Waals surface area contributed by atoms with Crippen molar-refractivity contribution in [3.05, 3.63) is 217 Å². The van der Waals surface area contributed by atoms with Crippen LogP contribution in [-0.4, -0.2) is 0 Å². The average Bonchev–Trinajstić information content (AvgIpc) is 3.70. The van der Waals surface area contributed by atoms with E-state index in [1.165, 1.54) is 164 Å². The van der Waals surface area contributed by atoms with Crippen LogP contribution in [-0.2, 0) is 0 Å². The van der Waals surface area contributed by atoms with Gasteiger partial charge in [-0.3, -0.25) is 0 Å². The molecule has 0 heteroatoms. The Morgan fingerprint density at radius 3 is 1.02 bits per heavy atom. The molecule has 66 heavy (non-hydrogen) atoms. The number of hydrogen-bond donors (Lipinski definition) is 0. The summed E-state index contributed by atoms with van der Waals surface area (Å²) in [5.41, 5.74) is 18.1. The van der Waals surface area contributed by atoms with Gasteiger partial charge in [0.25, 0.3) is 0 Å². The van der Waals surface area contributed by atoms with Gasteiger partial charge in [-0.25, -0.2) is 0 Å². The van der Waals surface area contributed by atoms with Crippen molar-refractivity contribution in [3.8, 4) is 66.8 Å². The molecule has 15 rings (SSSR count). The van der Waals surface area contributed by atoms with E-state index in [4.69, 9.17) is 0 Å². The van der Waals surface area contributed by atoms with Gasteiger partial charge in [-0.15, -0.1) is 0 Å². The molecule has 0 atom stereocenters. The van der Waals surface area contributed by atoms with Gasteiger partial charge < -0.3 is 0 Å². The molecular weight excluding hydrogens is 793 g/mol. The molecule has 0 unspecified atom stereocenters. The van der Waals surface area contributed by atoms with Crippen LogP contribution in [0.3, 0.4) is 0 Å². The molecule has 0 aliphatic heterocycles. The lowest BCUT2D eigenvalue weighted by Gasteiger charge is -2.22. The third kappa shape index (κ3) is 4.68. The molecule has 1 aliphatic rings. The lowest BCUT2D eigenvalue weighted by atomic mass is 9.81. The second kappa shape index (κ2) is 13.1. The topological polar surface area (TPSA) is 0 Å². The summed E-state index contributed by atoms with van der Waals surface area (Å²) >= 11 is 0. The smallest absolute Gasteiger partial charge is 0.000730 e. The summed E-state index contributed by atoms with van der Waals surface area (Å²) in [6, 6.07) is 78.1. The first-order valence-corrected chi connectivity index (χ1v) is 23.3. The molecule has 0 radical (unpaired) electrons. The highest BCUT2D eigenvalue weighted by atomic mass is 14.4. The Balaban J connectivity index is 1.10. The number of rotatable bonds is 4. The molecule has 1 aliphatic carbocycles. The molecule has 0 aromatic heterocycles. The van der Waals surface area contributed by atoms with Crippen molar-refractivity contribution >= 4 is 86.2 Å². The number of hydrogen-bond acceptors (Lipinski definition) is 0. The number of fused-ring (bicyclic) bond motifs is 8. The average molecular weight is 833 g/mol. The number of benzene rings is 14. The van der Waals surface area contributed by atoms with Gasteiger partial charge in [0.2, 0.25) is 0 Å². The highest BCUT2D eigenvalue weighted by Gasteiger charge is 2.33. The third-order valence-electron chi connectivity index (χ3n) is 15.3. The van der Waals surface area contributed by atoms with E-state index in [1.54, 1.807) is 0 Å². The first kappa shape index (κ1) is 36.1. The van der Waals surface area contributed by atoms with E-state index in [9.17, 15) is 0 Å². The van der Waals surface area contributed by atoms with E-state index in [0.29, 0.717) is 0 Å². The van der Waals surface area contributed by atoms with Gasteiger partial charge in [-0.1, -0.05) is 182 Å². The second-order valence-electron chi connectivity index (χ2n) is 18.7. The van der Waals surface area contributed by atoms with Crippen LogP contribution in [0, 0.1) is 13.8 Å². The van der Waals surface area contributed by atoms with Crippen molar-refractivity contribution in [2.24, 2.45) is 0 Å². The minimum absolute atomic E-state index is 1.23. The molecule has 0 amide bonds. The van der Waals surface area contributed by atoms with E-state index < -0.39 is 0 Å². The van der Waals surface area contributed by atoms with Gasteiger partial charge in [-0.05, 0) is 202 Å². The van der Waals surface area contributed by atoms with Gasteiger partial charge in [-0.2, -0.15) is 0 Å². The zero-order valence-corrected chi connectivity index (χ0v) is 36.6. The number of aryl methyl sites for hydroxylation is 2. The Bertz CT molecular complexity index is 4110. The Morgan fingerprint density at radius 1 is 0.212 bits per heavy atom. The fourth-order valence-electron chi connectivity index (χ4n) is 12.5. The monoisotopic (exact) mass is 832 g/mol. The molecule has 0 nitrogen and oxygen atoms in total. The predicted molar refractivity (Wildman–Crippen MR) is 285 cm³/mol. The summed E-state index contributed by atoms with van der Waals surface area (Å²) in [4.78, 5) is 0. The summed E-state index contributed by atoms with van der Waals surface area (Å²) in [7, 11) is 0. The third-order valence-corrected chi connectivity index (χ3v) is 15.3. The molecule has 14 aromatic rings. The van der Waals surface area contributed by atoms with Crippen molar-refractivity contribution in [1.82, 2.24) is 0 Å². The Kier molecular flexibility index (Phi) is 7.18.